The van der Waals surface area contributed by atoms with Crippen LogP contribution in [0.25, 0.3) is 0 Å². The second-order valence-corrected chi connectivity index (χ2v) is 10.7. The highest BCUT2D eigenvalue weighted by Gasteiger charge is 2.23. The lowest BCUT2D eigenvalue weighted by Crippen LogP contribution is -2.69. The van der Waals surface area contributed by atoms with E-state index in [0.29, 0.717) is 19.3 Å². The van der Waals surface area contributed by atoms with Crippen molar-refractivity contribution in [3.63, 3.8) is 0 Å². The van der Waals surface area contributed by atoms with Crippen LogP contribution in [-0.2, 0) is 30.3 Å². The van der Waals surface area contributed by atoms with Gasteiger partial charge in [0.2, 0.25) is 0 Å². The van der Waals surface area contributed by atoms with Crippen LogP contribution in [0.5, 0.6) is 0 Å². The molecule has 7 nitrogen and oxygen atoms in total. The molecule has 1 aromatic rings. The summed E-state index contributed by atoms with van der Waals surface area (Å²) in [4.78, 5) is 37.4. The molecule has 0 aliphatic carbocycles. The van der Waals surface area contributed by atoms with Gasteiger partial charge in [-0.15, -0.1) is 0 Å². The maximum Gasteiger partial charge on any atom is 0.305 e. The van der Waals surface area contributed by atoms with E-state index in [4.69, 9.17) is 9.47 Å². The number of carbonyl (C=O) groups is 3. The summed E-state index contributed by atoms with van der Waals surface area (Å²) < 4.78 is 10.9. The summed E-state index contributed by atoms with van der Waals surface area (Å²) in [5.74, 6) is -0.824. The Hall–Kier alpha value is -2.41. The second kappa shape index (κ2) is 23.5. The van der Waals surface area contributed by atoms with Crippen LogP contribution < -0.4 is 11.1 Å². The third kappa shape index (κ3) is 19.3. The predicted molar refractivity (Wildman–Crippen MR) is 156 cm³/mol. The molecule has 0 bridgehead atoms. The van der Waals surface area contributed by atoms with Gasteiger partial charge < -0.3 is 20.5 Å². The number of carbonyl (C=O) groups excluding carboxylic acids is 3. The van der Waals surface area contributed by atoms with Gasteiger partial charge in [-0.25, -0.2) is 0 Å². The average Bonchev–Trinajstić information content (AvgIpc) is 2.93. The molecule has 0 radical (unpaired) electrons. The Morgan fingerprint density at radius 2 is 1.13 bits per heavy atom. The number of hydrogen-bond donors (Lipinski definition) is 2. The van der Waals surface area contributed by atoms with Crippen LogP contribution in [0, 0.1) is 0 Å². The first-order valence-electron chi connectivity index (χ1n) is 15.4. The van der Waals surface area contributed by atoms with Crippen LogP contribution >= 0.6 is 0 Å². The van der Waals surface area contributed by atoms with Gasteiger partial charge in [0.05, 0.1) is 6.04 Å². The molecular weight excluding hydrogens is 492 g/mol. The van der Waals surface area contributed by atoms with E-state index in [1.807, 2.05) is 30.3 Å². The first kappa shape index (κ1) is 34.6. The smallest absolute Gasteiger partial charge is 0.305 e. The van der Waals surface area contributed by atoms with Gasteiger partial charge in [0, 0.05) is 19.3 Å². The molecule has 222 valence electrons. The molecule has 0 aliphatic heterocycles. The van der Waals surface area contributed by atoms with Crippen molar-refractivity contribution in [2.75, 3.05) is 13.2 Å². The Morgan fingerprint density at radius 1 is 0.692 bits per heavy atom. The minimum absolute atomic E-state index is 0.0240. The Morgan fingerprint density at radius 3 is 1.59 bits per heavy atom. The molecular formula is C32H55N2O5+. The van der Waals surface area contributed by atoms with Crippen LogP contribution in [0.1, 0.15) is 122 Å². The minimum atomic E-state index is -0.603. The van der Waals surface area contributed by atoms with Gasteiger partial charge in [0.25, 0.3) is 5.91 Å². The topological polar surface area (TPSA) is 109 Å². The molecule has 0 saturated heterocycles. The molecule has 1 amide bonds. The fraction of sp³-hybridized carbons (Fsp3) is 0.719. The van der Waals surface area contributed by atoms with Crippen LogP contribution in [0.3, 0.4) is 0 Å². The molecule has 0 fully saturated rings. The first-order valence-corrected chi connectivity index (χ1v) is 15.4. The van der Waals surface area contributed by atoms with Crippen molar-refractivity contribution in [1.82, 2.24) is 5.32 Å². The number of quaternary nitrogens is 1. The lowest BCUT2D eigenvalue weighted by Gasteiger charge is -2.20. The largest absolute Gasteiger partial charge is 0.463 e. The molecule has 39 heavy (non-hydrogen) atoms. The third-order valence-electron chi connectivity index (χ3n) is 6.90. The maximum absolute atomic E-state index is 12.8. The van der Waals surface area contributed by atoms with Gasteiger partial charge in [0.15, 0.2) is 6.04 Å². The number of rotatable bonds is 24. The summed E-state index contributed by atoms with van der Waals surface area (Å²) in [6.07, 6.45) is 17.0. The minimum Gasteiger partial charge on any atom is -0.463 e. The van der Waals surface area contributed by atoms with Crippen molar-refractivity contribution in [2.24, 2.45) is 0 Å². The van der Waals surface area contributed by atoms with Crippen LogP contribution in [0.4, 0.5) is 0 Å². The number of hydrogen-bond acceptors (Lipinski definition) is 5. The van der Waals surface area contributed by atoms with E-state index in [1.54, 1.807) is 0 Å². The van der Waals surface area contributed by atoms with Crippen molar-refractivity contribution in [3.8, 4) is 0 Å². The van der Waals surface area contributed by atoms with Gasteiger partial charge in [-0.2, -0.15) is 0 Å². The summed E-state index contributed by atoms with van der Waals surface area (Å²) in [7, 11) is 0. The highest BCUT2D eigenvalue weighted by Crippen LogP contribution is 2.10. The van der Waals surface area contributed by atoms with Gasteiger partial charge in [-0.05, 0) is 18.4 Å². The highest BCUT2D eigenvalue weighted by molar-refractivity contribution is 5.81. The van der Waals surface area contributed by atoms with Gasteiger partial charge in [-0.1, -0.05) is 121 Å². The monoisotopic (exact) mass is 547 g/mol. The number of amides is 1. The van der Waals surface area contributed by atoms with Crippen LogP contribution in [-0.4, -0.2) is 43.1 Å². The molecule has 0 aliphatic rings. The quantitative estimate of drug-likeness (QED) is 0.128. The van der Waals surface area contributed by atoms with Crippen molar-refractivity contribution >= 4 is 17.8 Å². The summed E-state index contributed by atoms with van der Waals surface area (Å²) in [6, 6.07) is 8.59. The maximum atomic E-state index is 12.8. The van der Waals surface area contributed by atoms with E-state index >= 15 is 0 Å². The summed E-state index contributed by atoms with van der Waals surface area (Å²) in [5, 5.41) is 2.88. The van der Waals surface area contributed by atoms with E-state index in [9.17, 15) is 14.4 Å². The molecule has 0 aromatic heterocycles. The molecule has 1 unspecified atom stereocenters. The van der Waals surface area contributed by atoms with Gasteiger partial charge >= 0.3 is 11.9 Å². The second-order valence-electron chi connectivity index (χ2n) is 10.7. The molecule has 0 saturated carbocycles. The Balaban J connectivity index is 2.46. The van der Waals surface area contributed by atoms with Gasteiger partial charge in [0.1, 0.15) is 13.2 Å². The zero-order valence-corrected chi connectivity index (χ0v) is 24.7. The van der Waals surface area contributed by atoms with Crippen molar-refractivity contribution in [3.05, 3.63) is 35.9 Å². The summed E-state index contributed by atoms with van der Waals surface area (Å²) >= 11 is 0. The number of esters is 2. The number of unbranched alkanes of at least 4 members (excludes halogenated alkanes) is 12. The number of nitrogens with one attached hydrogen (secondary N) is 1. The van der Waals surface area contributed by atoms with E-state index in [2.05, 4.69) is 24.9 Å². The fourth-order valence-electron chi connectivity index (χ4n) is 4.43. The normalized spacial score (nSPS) is 11.8. The van der Waals surface area contributed by atoms with Crippen molar-refractivity contribution < 1.29 is 29.6 Å². The first-order chi connectivity index (χ1) is 19.0. The van der Waals surface area contributed by atoms with E-state index in [0.717, 1.165) is 44.1 Å². The third-order valence-corrected chi connectivity index (χ3v) is 6.90. The van der Waals surface area contributed by atoms with Crippen LogP contribution in [0.15, 0.2) is 30.3 Å². The van der Waals surface area contributed by atoms with Crippen molar-refractivity contribution in [2.45, 2.75) is 135 Å². The fourth-order valence-corrected chi connectivity index (χ4v) is 4.43. The lowest BCUT2D eigenvalue weighted by atomic mass is 10.1. The summed E-state index contributed by atoms with van der Waals surface area (Å²) in [5.41, 5.74) is 5.02. The Bertz CT molecular complexity index is 737. The molecule has 0 heterocycles. The SMILES string of the molecule is CCCCCCCCCC(=O)OCC(COC(=O)CCCCCCCCC)NC(=O)C([NH3+])Cc1ccccc1. The Labute approximate surface area is 237 Å². The molecule has 7 heteroatoms. The molecule has 1 rings (SSSR count). The van der Waals surface area contributed by atoms with E-state index in [-0.39, 0.29) is 31.1 Å². The van der Waals surface area contributed by atoms with Gasteiger partial charge in [-0.3, -0.25) is 14.4 Å². The van der Waals surface area contributed by atoms with E-state index in [1.165, 1.54) is 51.4 Å². The lowest BCUT2D eigenvalue weighted by molar-refractivity contribution is -0.403. The number of benzene rings is 1. The molecule has 1 aromatic carbocycles. The summed E-state index contributed by atoms with van der Waals surface area (Å²) in [6.45, 7) is 4.35. The zero-order valence-electron chi connectivity index (χ0n) is 24.7. The van der Waals surface area contributed by atoms with Crippen LogP contribution in [0.2, 0.25) is 0 Å². The standard InChI is InChI=1S/C32H54N2O5/c1-3-5-7-9-11-13-18-22-30(35)38-25-28(26-39-31(36)23-19-14-12-10-8-6-4-2)34-32(37)29(33)24-27-20-16-15-17-21-27/h15-17,20-21,28-29H,3-14,18-19,22-26,33H2,1-2H3,(H,34,37)/p+1. The van der Waals surface area contributed by atoms with Crippen molar-refractivity contribution in [1.29, 1.82) is 0 Å². The Kier molecular flexibility index (Phi) is 20.8. The average molecular weight is 548 g/mol. The predicted octanol–water partition coefficient (Wildman–Crippen LogP) is 5.69. The molecule has 0 spiro atoms. The zero-order chi connectivity index (χ0) is 28.6. The van der Waals surface area contributed by atoms with E-state index < -0.39 is 12.1 Å². The highest BCUT2D eigenvalue weighted by atomic mass is 16.5. The molecule has 1 atom stereocenters. The number of ether oxygens (including phenoxy) is 2. The molecule has 4 N–H and O–H groups in total.